The van der Waals surface area contributed by atoms with Crippen molar-refractivity contribution in [2.75, 3.05) is 10.0 Å². The number of hydrogen-bond donors (Lipinski definition) is 2. The van der Waals surface area contributed by atoms with E-state index in [0.29, 0.717) is 16.5 Å². The molecule has 1 amide bonds. The van der Waals surface area contributed by atoms with E-state index >= 15 is 0 Å². The van der Waals surface area contributed by atoms with Crippen molar-refractivity contribution in [1.29, 1.82) is 0 Å². The molecule has 1 aromatic heterocycles. The van der Waals surface area contributed by atoms with Gasteiger partial charge in [-0.2, -0.15) is 0 Å². The second-order valence-electron chi connectivity index (χ2n) is 5.08. The molecule has 3 aromatic rings. The number of thiazole rings is 1. The van der Waals surface area contributed by atoms with Crippen LogP contribution in [0.25, 0.3) is 11.3 Å². The zero-order valence-electron chi connectivity index (χ0n) is 12.9. The van der Waals surface area contributed by atoms with Crippen molar-refractivity contribution in [2.45, 2.75) is 4.90 Å². The van der Waals surface area contributed by atoms with Crippen LogP contribution in [0.4, 0.5) is 15.6 Å². The normalized spacial score (nSPS) is 11.2. The molecule has 2 N–H and O–H groups in total. The molecule has 0 aliphatic carbocycles. The second-order valence-corrected chi connectivity index (χ2v) is 9.84. The molecular formula is C16H11I2N3O3S2. The molecular weight excluding hydrogens is 600 g/mol. The maximum absolute atomic E-state index is 12.5. The number of nitrogens with one attached hydrogen (secondary N) is 2. The molecule has 0 radical (unpaired) electrons. The zero-order valence-corrected chi connectivity index (χ0v) is 18.9. The fraction of sp³-hybridized carbons (Fsp3) is 0. The van der Waals surface area contributed by atoms with Gasteiger partial charge in [0, 0.05) is 42.8 Å². The zero-order chi connectivity index (χ0) is 18.7. The highest BCUT2D eigenvalue weighted by Gasteiger charge is 2.15. The lowest BCUT2D eigenvalue weighted by molar-refractivity contribution is 0.272. The first-order valence-corrected chi connectivity index (χ1v) is 11.7. The Hall–Kier alpha value is -1.25. The highest BCUT2D eigenvalue weighted by Crippen LogP contribution is 2.28. The second kappa shape index (κ2) is 8.19. The largest absolute Gasteiger partial charge is 0.293 e. The molecule has 6 nitrogen and oxygen atoms in total. The fourth-order valence-electron chi connectivity index (χ4n) is 2.12. The molecule has 0 atom stereocenters. The Labute approximate surface area is 181 Å². The Bertz CT molecular complexity index is 1050. The predicted octanol–water partition coefficient (Wildman–Crippen LogP) is 5.18. The van der Waals surface area contributed by atoms with Crippen molar-refractivity contribution in [3.05, 3.63) is 57.5 Å². The number of hydrogen-bond acceptors (Lipinski definition) is 5. The molecule has 0 saturated heterocycles. The number of nitrogens with zero attached hydrogens (tertiary/aromatic N) is 1. The Morgan fingerprint density at radius 3 is 2.54 bits per heavy atom. The third kappa shape index (κ3) is 4.92. The molecule has 3 rings (SSSR count). The summed E-state index contributed by atoms with van der Waals surface area (Å²) in [5.41, 5.74) is 1.84. The molecule has 1 heterocycles. The summed E-state index contributed by atoms with van der Waals surface area (Å²) in [5, 5.41) is 4.91. The number of benzene rings is 2. The minimum atomic E-state index is -3.67. The Kier molecular flexibility index (Phi) is 6.14. The maximum Gasteiger partial charge on any atom is 0.286 e. The first kappa shape index (κ1) is 19.5. The third-order valence-corrected chi connectivity index (χ3v) is 6.39. The van der Waals surface area contributed by atoms with Crippen LogP contribution in [0.1, 0.15) is 0 Å². The first-order chi connectivity index (χ1) is 12.3. The summed E-state index contributed by atoms with van der Waals surface area (Å²) < 4.78 is 28.3. The number of aromatic nitrogens is 1. The van der Waals surface area contributed by atoms with Crippen molar-refractivity contribution in [1.82, 2.24) is 4.98 Å². The summed E-state index contributed by atoms with van der Waals surface area (Å²) in [6, 6.07) is 13.6. The van der Waals surface area contributed by atoms with E-state index in [2.05, 4.69) is 37.6 Å². The van der Waals surface area contributed by atoms with E-state index in [-0.39, 0.29) is 8.81 Å². The molecule has 2 aromatic carbocycles. The van der Waals surface area contributed by atoms with Crippen LogP contribution in [-0.4, -0.2) is 17.3 Å². The molecule has 0 aliphatic heterocycles. The summed E-state index contributed by atoms with van der Waals surface area (Å²) >= 11 is 5.06. The molecule has 0 aliphatic rings. The van der Waals surface area contributed by atoms with Gasteiger partial charge in [-0.15, -0.1) is 11.3 Å². The van der Waals surface area contributed by atoms with Gasteiger partial charge in [0.05, 0.1) is 10.6 Å². The van der Waals surface area contributed by atoms with Crippen molar-refractivity contribution >= 4 is 81.3 Å². The van der Waals surface area contributed by atoms with Crippen molar-refractivity contribution in [3.8, 4) is 11.3 Å². The van der Waals surface area contributed by atoms with Crippen LogP contribution in [0.2, 0.25) is 0 Å². The van der Waals surface area contributed by atoms with Gasteiger partial charge in [-0.3, -0.25) is 14.8 Å². The van der Waals surface area contributed by atoms with Crippen LogP contribution < -0.4 is 10.0 Å². The van der Waals surface area contributed by atoms with Gasteiger partial charge < -0.3 is 0 Å². The standard InChI is InChI=1S/C16H11I2N3O3S2/c17-11-4-6-13(7-5-11)26(23,24)21-12-3-1-2-10(8-12)14-9-25-16(19-14)20-15(18)22/h1-9,21H,(H,19,20,22). The number of anilines is 2. The Morgan fingerprint density at radius 2 is 1.85 bits per heavy atom. The highest BCUT2D eigenvalue weighted by molar-refractivity contribution is 14.1. The van der Waals surface area contributed by atoms with Crippen LogP contribution in [-0.2, 0) is 10.0 Å². The van der Waals surface area contributed by atoms with Crippen LogP contribution in [0.15, 0.2) is 58.8 Å². The monoisotopic (exact) mass is 611 g/mol. The summed E-state index contributed by atoms with van der Waals surface area (Å²) in [4.78, 5) is 15.6. The van der Waals surface area contributed by atoms with Gasteiger partial charge >= 0.3 is 0 Å². The summed E-state index contributed by atoms with van der Waals surface area (Å²) in [5.74, 6) is 0. The molecule has 0 unspecified atom stereocenters. The van der Waals surface area contributed by atoms with Gasteiger partial charge in [0.1, 0.15) is 0 Å². The van der Waals surface area contributed by atoms with Gasteiger partial charge in [-0.25, -0.2) is 13.4 Å². The Balaban J connectivity index is 1.84. The van der Waals surface area contributed by atoms with E-state index in [9.17, 15) is 13.2 Å². The molecule has 0 saturated carbocycles. The van der Waals surface area contributed by atoms with Gasteiger partial charge in [0.25, 0.3) is 13.9 Å². The average Bonchev–Trinajstić information content (AvgIpc) is 3.03. The number of carbonyl (C=O) groups excluding carboxylic acids is 1. The van der Waals surface area contributed by atoms with Gasteiger partial charge in [0.2, 0.25) is 0 Å². The molecule has 0 fully saturated rings. The summed E-state index contributed by atoms with van der Waals surface area (Å²) in [6.07, 6.45) is 0. The van der Waals surface area contributed by atoms with Crippen LogP contribution in [0, 0.1) is 3.57 Å². The molecule has 134 valence electrons. The van der Waals surface area contributed by atoms with E-state index in [0.717, 1.165) is 9.13 Å². The van der Waals surface area contributed by atoms with Gasteiger partial charge in [0.15, 0.2) is 5.13 Å². The van der Waals surface area contributed by atoms with E-state index in [4.69, 9.17) is 0 Å². The SMILES string of the molecule is O=C(I)Nc1nc(-c2cccc(NS(=O)(=O)c3ccc(I)cc3)c2)cs1. The molecule has 0 bridgehead atoms. The number of carbonyl (C=O) groups is 1. The van der Waals surface area contributed by atoms with Gasteiger partial charge in [-0.05, 0) is 59.0 Å². The van der Waals surface area contributed by atoms with E-state index in [1.54, 1.807) is 70.4 Å². The summed E-state index contributed by atoms with van der Waals surface area (Å²) in [6.45, 7) is 0. The van der Waals surface area contributed by atoms with E-state index in [1.807, 2.05) is 6.07 Å². The van der Waals surface area contributed by atoms with Crippen molar-refractivity contribution < 1.29 is 13.2 Å². The average molecular weight is 611 g/mol. The lowest BCUT2D eigenvalue weighted by atomic mass is 10.1. The fourth-order valence-corrected chi connectivity index (χ4v) is 4.68. The van der Waals surface area contributed by atoms with Crippen LogP contribution in [0.5, 0.6) is 0 Å². The summed E-state index contributed by atoms with van der Waals surface area (Å²) in [7, 11) is -3.67. The number of amides is 1. The topological polar surface area (TPSA) is 88.2 Å². The van der Waals surface area contributed by atoms with Crippen molar-refractivity contribution in [2.24, 2.45) is 0 Å². The lowest BCUT2D eigenvalue weighted by Crippen LogP contribution is -2.12. The minimum absolute atomic E-state index is 0.198. The third-order valence-electron chi connectivity index (χ3n) is 3.24. The predicted molar refractivity (Wildman–Crippen MR) is 121 cm³/mol. The molecule has 26 heavy (non-hydrogen) atoms. The maximum atomic E-state index is 12.5. The number of sulfonamides is 1. The Morgan fingerprint density at radius 1 is 1.12 bits per heavy atom. The first-order valence-electron chi connectivity index (χ1n) is 7.14. The lowest BCUT2D eigenvalue weighted by Gasteiger charge is -2.09. The van der Waals surface area contributed by atoms with Gasteiger partial charge in [-0.1, -0.05) is 12.1 Å². The van der Waals surface area contributed by atoms with E-state index < -0.39 is 10.0 Å². The number of rotatable bonds is 5. The van der Waals surface area contributed by atoms with Crippen molar-refractivity contribution in [3.63, 3.8) is 0 Å². The van der Waals surface area contributed by atoms with Crippen LogP contribution >= 0.6 is 56.5 Å². The van der Waals surface area contributed by atoms with E-state index in [1.165, 1.54) is 11.3 Å². The molecule has 0 spiro atoms. The molecule has 10 heteroatoms. The minimum Gasteiger partial charge on any atom is -0.293 e. The highest BCUT2D eigenvalue weighted by atomic mass is 127. The quantitative estimate of drug-likeness (QED) is 0.237. The number of halogens is 2. The smallest absolute Gasteiger partial charge is 0.286 e. The van der Waals surface area contributed by atoms with Crippen LogP contribution in [0.3, 0.4) is 0 Å².